The maximum absolute atomic E-state index is 11.7. The summed E-state index contributed by atoms with van der Waals surface area (Å²) in [6, 6.07) is 9.84. The SMILES string of the molecule is CC(C)(C)[S@](=O)C/N=C/c1ccccc1. The molecule has 0 spiro atoms. The molecule has 1 aromatic carbocycles. The van der Waals surface area contributed by atoms with Crippen LogP contribution in [0, 0.1) is 0 Å². The van der Waals surface area contributed by atoms with Crippen LogP contribution in [-0.2, 0) is 10.8 Å². The van der Waals surface area contributed by atoms with Gasteiger partial charge in [-0.25, -0.2) is 0 Å². The third kappa shape index (κ3) is 4.38. The van der Waals surface area contributed by atoms with E-state index in [0.717, 1.165) is 5.56 Å². The molecule has 82 valence electrons. The Kier molecular flexibility index (Phi) is 4.21. The van der Waals surface area contributed by atoms with E-state index in [1.807, 2.05) is 51.1 Å². The maximum Gasteiger partial charge on any atom is 0.115 e. The van der Waals surface area contributed by atoms with E-state index < -0.39 is 10.8 Å². The minimum absolute atomic E-state index is 0.186. The Bertz CT molecular complexity index is 352. The average Bonchev–Trinajstić information content (AvgIpc) is 2.18. The smallest absolute Gasteiger partial charge is 0.115 e. The summed E-state index contributed by atoms with van der Waals surface area (Å²) in [4.78, 5) is 4.18. The maximum atomic E-state index is 11.7. The van der Waals surface area contributed by atoms with Gasteiger partial charge in [0, 0.05) is 21.8 Å². The summed E-state index contributed by atoms with van der Waals surface area (Å²) in [5, 5.41) is 0. The third-order valence-electron chi connectivity index (χ3n) is 1.91. The highest BCUT2D eigenvalue weighted by Gasteiger charge is 2.17. The zero-order valence-corrected chi connectivity index (χ0v) is 10.3. The van der Waals surface area contributed by atoms with E-state index in [2.05, 4.69) is 4.99 Å². The van der Waals surface area contributed by atoms with Crippen molar-refractivity contribution in [2.75, 3.05) is 5.88 Å². The molecule has 0 N–H and O–H groups in total. The van der Waals surface area contributed by atoms with E-state index in [1.54, 1.807) is 6.21 Å². The van der Waals surface area contributed by atoms with Gasteiger partial charge in [-0.1, -0.05) is 30.3 Å². The number of nitrogens with zero attached hydrogens (tertiary/aromatic N) is 1. The van der Waals surface area contributed by atoms with Crippen LogP contribution in [0.2, 0.25) is 0 Å². The van der Waals surface area contributed by atoms with E-state index in [9.17, 15) is 4.21 Å². The predicted octanol–water partition coefficient (Wildman–Crippen LogP) is 2.61. The van der Waals surface area contributed by atoms with Crippen molar-refractivity contribution in [3.05, 3.63) is 35.9 Å². The van der Waals surface area contributed by atoms with Crippen molar-refractivity contribution in [1.82, 2.24) is 0 Å². The number of hydrogen-bond donors (Lipinski definition) is 0. The quantitative estimate of drug-likeness (QED) is 0.724. The minimum Gasteiger partial charge on any atom is -0.279 e. The molecule has 0 aliphatic rings. The van der Waals surface area contributed by atoms with Gasteiger partial charge in [0.25, 0.3) is 0 Å². The second kappa shape index (κ2) is 5.21. The van der Waals surface area contributed by atoms with Crippen molar-refractivity contribution in [2.45, 2.75) is 25.5 Å². The van der Waals surface area contributed by atoms with Crippen LogP contribution in [0.1, 0.15) is 26.3 Å². The van der Waals surface area contributed by atoms with Crippen molar-refractivity contribution in [3.8, 4) is 0 Å². The molecule has 0 aromatic heterocycles. The van der Waals surface area contributed by atoms with E-state index in [4.69, 9.17) is 0 Å². The molecule has 0 unspecified atom stereocenters. The second-order valence-electron chi connectivity index (χ2n) is 4.31. The molecule has 0 radical (unpaired) electrons. The fourth-order valence-corrected chi connectivity index (χ4v) is 1.54. The van der Waals surface area contributed by atoms with Gasteiger partial charge in [0.05, 0.1) is 0 Å². The molecule has 0 heterocycles. The van der Waals surface area contributed by atoms with Crippen molar-refractivity contribution in [3.63, 3.8) is 0 Å². The molecule has 0 saturated carbocycles. The molecule has 0 saturated heterocycles. The van der Waals surface area contributed by atoms with Gasteiger partial charge < -0.3 is 0 Å². The third-order valence-corrected chi connectivity index (χ3v) is 3.66. The molecule has 3 heteroatoms. The van der Waals surface area contributed by atoms with E-state index in [1.165, 1.54) is 0 Å². The van der Waals surface area contributed by atoms with Gasteiger partial charge in [-0.05, 0) is 26.3 Å². The first kappa shape index (κ1) is 12.1. The molecule has 0 fully saturated rings. The van der Waals surface area contributed by atoms with Crippen LogP contribution in [0.15, 0.2) is 35.3 Å². The topological polar surface area (TPSA) is 29.4 Å². The van der Waals surface area contributed by atoms with Crippen molar-refractivity contribution in [2.24, 2.45) is 4.99 Å². The van der Waals surface area contributed by atoms with Gasteiger partial charge in [0.1, 0.15) is 5.88 Å². The molecule has 0 amide bonds. The Morgan fingerprint density at radius 1 is 1.27 bits per heavy atom. The van der Waals surface area contributed by atoms with Gasteiger partial charge in [0.15, 0.2) is 0 Å². The standard InChI is InChI=1S/C12H17NOS/c1-12(2,3)15(14)10-13-9-11-7-5-4-6-8-11/h4-9H,10H2,1-3H3/b13-9+/t15-/m1/s1. The lowest BCUT2D eigenvalue weighted by molar-refractivity contribution is 0.649. The van der Waals surface area contributed by atoms with Crippen molar-refractivity contribution in [1.29, 1.82) is 0 Å². The summed E-state index contributed by atoms with van der Waals surface area (Å²) in [6.07, 6.45) is 1.77. The van der Waals surface area contributed by atoms with Crippen LogP contribution >= 0.6 is 0 Å². The number of benzene rings is 1. The first-order chi connectivity index (χ1) is 7.00. The van der Waals surface area contributed by atoms with Crippen LogP contribution in [-0.4, -0.2) is 21.0 Å². The molecule has 0 aliphatic heterocycles. The van der Waals surface area contributed by atoms with Crippen LogP contribution in [0.25, 0.3) is 0 Å². The predicted molar refractivity (Wildman–Crippen MR) is 66.8 cm³/mol. The highest BCUT2D eigenvalue weighted by molar-refractivity contribution is 7.86. The summed E-state index contributed by atoms with van der Waals surface area (Å²) >= 11 is 0. The molecule has 0 bridgehead atoms. The highest BCUT2D eigenvalue weighted by atomic mass is 32.2. The molecule has 15 heavy (non-hydrogen) atoms. The zero-order valence-electron chi connectivity index (χ0n) is 9.43. The fourth-order valence-electron chi connectivity index (χ4n) is 0.943. The van der Waals surface area contributed by atoms with Gasteiger partial charge in [-0.15, -0.1) is 0 Å². The Hall–Kier alpha value is -0.960. The van der Waals surface area contributed by atoms with Gasteiger partial charge >= 0.3 is 0 Å². The number of aliphatic imine (C=N–C) groups is 1. The first-order valence-corrected chi connectivity index (χ1v) is 6.25. The number of rotatable bonds is 3. The van der Waals surface area contributed by atoms with Crippen LogP contribution in [0.4, 0.5) is 0 Å². The van der Waals surface area contributed by atoms with E-state index in [0.29, 0.717) is 5.88 Å². The van der Waals surface area contributed by atoms with Gasteiger partial charge in [-0.3, -0.25) is 9.20 Å². The molecule has 1 atom stereocenters. The van der Waals surface area contributed by atoms with Crippen LogP contribution in [0.5, 0.6) is 0 Å². The summed E-state index contributed by atoms with van der Waals surface area (Å²) in [5.74, 6) is 0.373. The van der Waals surface area contributed by atoms with E-state index in [-0.39, 0.29) is 4.75 Å². The van der Waals surface area contributed by atoms with Gasteiger partial charge in [-0.2, -0.15) is 0 Å². The zero-order chi connectivity index (χ0) is 11.3. The van der Waals surface area contributed by atoms with Crippen molar-refractivity contribution < 1.29 is 4.21 Å². The summed E-state index contributed by atoms with van der Waals surface area (Å²) in [7, 11) is -0.909. The Labute approximate surface area is 93.9 Å². The normalized spacial score (nSPS) is 14.3. The lowest BCUT2D eigenvalue weighted by atomic mass is 10.2. The molecule has 0 aliphatic carbocycles. The summed E-state index contributed by atoms with van der Waals surface area (Å²) in [5.41, 5.74) is 1.04. The van der Waals surface area contributed by atoms with Crippen LogP contribution < -0.4 is 0 Å². The Morgan fingerprint density at radius 2 is 1.87 bits per heavy atom. The Morgan fingerprint density at radius 3 is 2.40 bits per heavy atom. The second-order valence-corrected chi connectivity index (χ2v) is 6.48. The first-order valence-electron chi connectivity index (χ1n) is 4.93. The molecule has 2 nitrogen and oxygen atoms in total. The molecule has 1 aromatic rings. The van der Waals surface area contributed by atoms with E-state index >= 15 is 0 Å². The van der Waals surface area contributed by atoms with Crippen LogP contribution in [0.3, 0.4) is 0 Å². The highest BCUT2D eigenvalue weighted by Crippen LogP contribution is 2.11. The molecular weight excluding hydrogens is 206 g/mol. The lowest BCUT2D eigenvalue weighted by Crippen LogP contribution is -2.23. The fraction of sp³-hybridized carbons (Fsp3) is 0.417. The summed E-state index contributed by atoms with van der Waals surface area (Å²) < 4.78 is 11.5. The Balaban J connectivity index is 2.51. The minimum atomic E-state index is -0.909. The molecule has 1 rings (SSSR count). The van der Waals surface area contributed by atoms with Gasteiger partial charge in [0.2, 0.25) is 0 Å². The summed E-state index contributed by atoms with van der Waals surface area (Å²) in [6.45, 7) is 5.88. The lowest BCUT2D eigenvalue weighted by Gasteiger charge is -2.15. The average molecular weight is 223 g/mol. The monoisotopic (exact) mass is 223 g/mol. The van der Waals surface area contributed by atoms with Crippen molar-refractivity contribution >= 4 is 17.0 Å². The molecular formula is C12H17NOS. The number of hydrogen-bond acceptors (Lipinski definition) is 2. The largest absolute Gasteiger partial charge is 0.279 e.